The molecule has 0 unspecified atom stereocenters. The first-order chi connectivity index (χ1) is 10.6. The van der Waals surface area contributed by atoms with Gasteiger partial charge < -0.3 is 4.90 Å². The second-order valence-corrected chi connectivity index (χ2v) is 5.29. The van der Waals surface area contributed by atoms with E-state index in [2.05, 4.69) is 17.0 Å². The van der Waals surface area contributed by atoms with E-state index >= 15 is 0 Å². The van der Waals surface area contributed by atoms with Gasteiger partial charge in [-0.2, -0.15) is 5.10 Å². The fourth-order valence-electron chi connectivity index (χ4n) is 2.35. The van der Waals surface area contributed by atoms with Crippen LogP contribution in [0.4, 0.5) is 0 Å². The second kappa shape index (κ2) is 7.54. The summed E-state index contributed by atoms with van der Waals surface area (Å²) in [5, 5.41) is 4.08. The summed E-state index contributed by atoms with van der Waals surface area (Å²) in [5.41, 5.74) is 1.84. The fraction of sp³-hybridized carbons (Fsp3) is 0.353. The number of carbonyl (C=O) groups excluding carboxylic acids is 1. The molecule has 22 heavy (non-hydrogen) atoms. The lowest BCUT2D eigenvalue weighted by atomic mass is 10.1. The fourth-order valence-corrected chi connectivity index (χ4v) is 2.35. The molecule has 0 bridgehead atoms. The largest absolute Gasteiger partial charge is 0.334 e. The molecule has 0 saturated carbocycles. The predicted octanol–water partition coefficient (Wildman–Crippen LogP) is 2.83. The van der Waals surface area contributed by atoms with Crippen LogP contribution in [0.1, 0.15) is 37.1 Å². The molecule has 0 aliphatic rings. The molecule has 0 radical (unpaired) electrons. The van der Waals surface area contributed by atoms with Gasteiger partial charge in [-0.1, -0.05) is 19.4 Å². The van der Waals surface area contributed by atoms with Crippen molar-refractivity contribution < 1.29 is 4.79 Å². The summed E-state index contributed by atoms with van der Waals surface area (Å²) < 4.78 is 1.71. The monoisotopic (exact) mass is 298 g/mol. The number of nitrogens with zero attached hydrogens (tertiary/aromatic N) is 4. The van der Waals surface area contributed by atoms with Crippen molar-refractivity contribution in [2.24, 2.45) is 7.05 Å². The van der Waals surface area contributed by atoms with Gasteiger partial charge in [0.25, 0.3) is 0 Å². The van der Waals surface area contributed by atoms with Crippen LogP contribution in [0.2, 0.25) is 0 Å². The number of likely N-dealkylation sites (N-methyl/N-ethyl adjacent to an activating group) is 1. The van der Waals surface area contributed by atoms with Crippen LogP contribution in [0.5, 0.6) is 0 Å². The smallest absolute Gasteiger partial charge is 0.246 e. The summed E-state index contributed by atoms with van der Waals surface area (Å²) in [5.74, 6) is -0.0343. The highest BCUT2D eigenvalue weighted by Crippen LogP contribution is 2.23. The van der Waals surface area contributed by atoms with E-state index in [1.54, 1.807) is 34.1 Å². The number of aromatic nitrogens is 3. The summed E-state index contributed by atoms with van der Waals surface area (Å²) in [6.07, 6.45) is 10.6. The zero-order valence-corrected chi connectivity index (χ0v) is 13.3. The summed E-state index contributed by atoms with van der Waals surface area (Å²) in [6.45, 7) is 2.11. The lowest BCUT2D eigenvalue weighted by Crippen LogP contribution is -2.30. The van der Waals surface area contributed by atoms with Crippen molar-refractivity contribution in [3.8, 4) is 0 Å². The Kier molecular flexibility index (Phi) is 5.47. The Hall–Kier alpha value is -2.43. The highest BCUT2D eigenvalue weighted by atomic mass is 16.2. The number of hydrogen-bond acceptors (Lipinski definition) is 3. The van der Waals surface area contributed by atoms with Gasteiger partial charge in [-0.15, -0.1) is 0 Å². The summed E-state index contributed by atoms with van der Waals surface area (Å²) in [6, 6.07) is 5.80. The van der Waals surface area contributed by atoms with Gasteiger partial charge in [0.05, 0.1) is 17.9 Å². The first-order valence-corrected chi connectivity index (χ1v) is 7.46. The molecule has 0 fully saturated rings. The summed E-state index contributed by atoms with van der Waals surface area (Å²) >= 11 is 0. The zero-order valence-electron chi connectivity index (χ0n) is 13.3. The average Bonchev–Trinajstić information content (AvgIpc) is 2.96. The molecule has 2 heterocycles. The Morgan fingerprint density at radius 2 is 2.27 bits per heavy atom. The van der Waals surface area contributed by atoms with Crippen LogP contribution in [0, 0.1) is 0 Å². The minimum absolute atomic E-state index is 0.00255. The minimum Gasteiger partial charge on any atom is -0.334 e. The highest BCUT2D eigenvalue weighted by molar-refractivity contribution is 5.91. The standard InChI is InChI=1S/C17H22N4O/c1-4-7-16(15-8-5-6-11-18-15)21(3)17(22)10-9-14-12-19-20(2)13-14/h5-6,8-13,16H,4,7H2,1-3H3/b10-9+/t16-/m1/s1. The molecule has 0 spiro atoms. The normalized spacial score (nSPS) is 12.5. The maximum Gasteiger partial charge on any atom is 0.246 e. The SMILES string of the molecule is CCC[C@H](c1ccccn1)N(C)C(=O)/C=C/c1cnn(C)c1. The highest BCUT2D eigenvalue weighted by Gasteiger charge is 2.20. The van der Waals surface area contributed by atoms with E-state index in [1.807, 2.05) is 38.5 Å². The Labute approximate surface area is 131 Å². The lowest BCUT2D eigenvalue weighted by Gasteiger charge is -2.26. The predicted molar refractivity (Wildman–Crippen MR) is 86.9 cm³/mol. The van der Waals surface area contributed by atoms with Crippen LogP contribution in [-0.4, -0.2) is 32.6 Å². The molecular weight excluding hydrogens is 276 g/mol. The molecule has 116 valence electrons. The minimum atomic E-state index is -0.0343. The molecule has 2 rings (SSSR count). The molecule has 0 aliphatic carbocycles. The Morgan fingerprint density at radius 1 is 1.45 bits per heavy atom. The van der Waals surface area contributed by atoms with E-state index < -0.39 is 0 Å². The van der Waals surface area contributed by atoms with Crippen molar-refractivity contribution in [1.82, 2.24) is 19.7 Å². The number of aryl methyl sites for hydroxylation is 1. The second-order valence-electron chi connectivity index (χ2n) is 5.29. The van der Waals surface area contributed by atoms with Crippen molar-refractivity contribution in [3.05, 3.63) is 54.1 Å². The van der Waals surface area contributed by atoms with Crippen LogP contribution >= 0.6 is 0 Å². The number of carbonyl (C=O) groups is 1. The molecule has 1 amide bonds. The van der Waals surface area contributed by atoms with Gasteiger partial charge in [0.1, 0.15) is 0 Å². The molecule has 5 nitrogen and oxygen atoms in total. The number of pyridine rings is 1. The molecule has 0 saturated heterocycles. The van der Waals surface area contributed by atoms with Gasteiger partial charge in [0.15, 0.2) is 0 Å². The number of rotatable bonds is 6. The summed E-state index contributed by atoms with van der Waals surface area (Å²) in [4.78, 5) is 18.5. The maximum absolute atomic E-state index is 12.4. The average molecular weight is 298 g/mol. The van der Waals surface area contributed by atoms with Crippen molar-refractivity contribution in [2.75, 3.05) is 7.05 Å². The van der Waals surface area contributed by atoms with Gasteiger partial charge in [-0.3, -0.25) is 14.5 Å². The Morgan fingerprint density at radius 3 is 2.86 bits per heavy atom. The summed E-state index contributed by atoms with van der Waals surface area (Å²) in [7, 11) is 3.68. The van der Waals surface area contributed by atoms with Crippen molar-refractivity contribution >= 4 is 12.0 Å². The zero-order chi connectivity index (χ0) is 15.9. The van der Waals surface area contributed by atoms with Gasteiger partial charge in [-0.05, 0) is 24.6 Å². The van der Waals surface area contributed by atoms with Crippen molar-refractivity contribution in [3.63, 3.8) is 0 Å². The number of amides is 1. The first-order valence-electron chi connectivity index (χ1n) is 7.46. The van der Waals surface area contributed by atoms with E-state index in [0.29, 0.717) is 0 Å². The Bertz CT molecular complexity index is 633. The molecule has 0 aromatic carbocycles. The first kappa shape index (κ1) is 15.9. The van der Waals surface area contributed by atoms with Crippen LogP contribution in [0.25, 0.3) is 6.08 Å². The quantitative estimate of drug-likeness (QED) is 0.771. The van der Waals surface area contributed by atoms with Crippen molar-refractivity contribution in [1.29, 1.82) is 0 Å². The third kappa shape index (κ3) is 4.04. The third-order valence-electron chi connectivity index (χ3n) is 3.55. The van der Waals surface area contributed by atoms with E-state index in [1.165, 1.54) is 0 Å². The molecule has 1 atom stereocenters. The van der Waals surface area contributed by atoms with Crippen molar-refractivity contribution in [2.45, 2.75) is 25.8 Å². The molecular formula is C17H22N4O. The van der Waals surface area contributed by atoms with Crippen LogP contribution in [-0.2, 0) is 11.8 Å². The molecule has 2 aromatic heterocycles. The van der Waals surface area contributed by atoms with E-state index in [9.17, 15) is 4.79 Å². The number of hydrogen-bond donors (Lipinski definition) is 0. The Balaban J connectivity index is 2.11. The third-order valence-corrected chi connectivity index (χ3v) is 3.55. The maximum atomic E-state index is 12.4. The molecule has 0 aliphatic heterocycles. The van der Waals surface area contributed by atoms with E-state index in [0.717, 1.165) is 24.1 Å². The van der Waals surface area contributed by atoms with Gasteiger partial charge in [0.2, 0.25) is 5.91 Å². The van der Waals surface area contributed by atoms with Gasteiger partial charge in [-0.25, -0.2) is 0 Å². The van der Waals surface area contributed by atoms with E-state index in [4.69, 9.17) is 0 Å². The topological polar surface area (TPSA) is 51.0 Å². The van der Waals surface area contributed by atoms with Crippen LogP contribution in [0.3, 0.4) is 0 Å². The van der Waals surface area contributed by atoms with Crippen LogP contribution < -0.4 is 0 Å². The lowest BCUT2D eigenvalue weighted by molar-refractivity contribution is -0.127. The van der Waals surface area contributed by atoms with Gasteiger partial charge in [0, 0.05) is 38.1 Å². The van der Waals surface area contributed by atoms with Gasteiger partial charge >= 0.3 is 0 Å². The van der Waals surface area contributed by atoms with Crippen LogP contribution in [0.15, 0.2) is 42.9 Å². The molecule has 0 N–H and O–H groups in total. The van der Waals surface area contributed by atoms with E-state index in [-0.39, 0.29) is 11.9 Å². The molecule has 2 aromatic rings. The molecule has 5 heteroatoms.